The van der Waals surface area contributed by atoms with Crippen LogP contribution in [-0.2, 0) is 14.3 Å². The normalized spacial score (nSPS) is 11.2. The first-order valence-corrected chi connectivity index (χ1v) is 7.02. The second-order valence-electron chi connectivity index (χ2n) is 3.83. The molecular weight excluding hydrogens is 292 g/mol. The summed E-state index contributed by atoms with van der Waals surface area (Å²) >= 11 is 0. The molecule has 0 heterocycles. The molecule has 0 aliphatic carbocycles. The molecule has 0 spiro atoms. The van der Waals surface area contributed by atoms with Crippen molar-refractivity contribution in [2.75, 3.05) is 6.61 Å². The van der Waals surface area contributed by atoms with E-state index in [-0.39, 0.29) is 6.61 Å². The van der Waals surface area contributed by atoms with Crippen LogP contribution in [0.15, 0.2) is 23.1 Å². The third kappa shape index (κ3) is 3.96. The van der Waals surface area contributed by atoms with E-state index >= 15 is 0 Å². The first-order valence-electron chi connectivity index (χ1n) is 5.61. The summed E-state index contributed by atoms with van der Waals surface area (Å²) in [5.74, 6) is 0. The summed E-state index contributed by atoms with van der Waals surface area (Å²) in [5, 5.41) is 21.3. The van der Waals surface area contributed by atoms with E-state index in [1.807, 2.05) is 6.92 Å². The van der Waals surface area contributed by atoms with Gasteiger partial charge in [0, 0.05) is 12.1 Å². The Kier molecular flexibility index (Phi) is 5.11. The second kappa shape index (κ2) is 6.39. The molecule has 0 saturated heterocycles. The Morgan fingerprint density at radius 2 is 1.60 bits per heavy atom. The van der Waals surface area contributed by atoms with E-state index in [1.165, 1.54) is 0 Å². The summed E-state index contributed by atoms with van der Waals surface area (Å²) in [4.78, 5) is 18.9. The van der Waals surface area contributed by atoms with Crippen LogP contribution in [0.2, 0.25) is 0 Å². The number of non-ortho nitro benzene ring substituents is 2. The van der Waals surface area contributed by atoms with E-state index in [9.17, 15) is 28.6 Å². The Labute approximate surface area is 114 Å². The lowest BCUT2D eigenvalue weighted by Crippen LogP contribution is -2.08. The molecule has 20 heavy (non-hydrogen) atoms. The molecule has 0 saturated carbocycles. The van der Waals surface area contributed by atoms with Crippen molar-refractivity contribution in [2.24, 2.45) is 0 Å². The molecule has 10 heteroatoms. The van der Waals surface area contributed by atoms with Crippen LogP contribution in [0.3, 0.4) is 0 Å². The number of benzene rings is 1. The summed E-state index contributed by atoms with van der Waals surface area (Å²) in [5.41, 5.74) is -1.37. The quantitative estimate of drug-likeness (QED) is 0.326. The molecule has 110 valence electrons. The van der Waals surface area contributed by atoms with Gasteiger partial charge in [0.05, 0.1) is 22.5 Å². The SMILES string of the molecule is CCCCOS(=O)(=O)c1cc([N+](=O)[O-])cc([N+](=O)[O-])c1. The number of nitro benzene ring substituents is 2. The van der Waals surface area contributed by atoms with E-state index in [0.717, 1.165) is 12.1 Å². The predicted octanol–water partition coefficient (Wildman–Crippen LogP) is 2.01. The van der Waals surface area contributed by atoms with Crippen molar-refractivity contribution >= 4 is 21.5 Å². The van der Waals surface area contributed by atoms with E-state index in [1.54, 1.807) is 0 Å². The number of nitro groups is 2. The van der Waals surface area contributed by atoms with Gasteiger partial charge in [0.15, 0.2) is 0 Å². The van der Waals surface area contributed by atoms with Crippen LogP contribution >= 0.6 is 0 Å². The lowest BCUT2D eigenvalue weighted by Gasteiger charge is -2.05. The van der Waals surface area contributed by atoms with Gasteiger partial charge >= 0.3 is 0 Å². The highest BCUT2D eigenvalue weighted by Gasteiger charge is 2.24. The molecule has 0 aliphatic rings. The minimum absolute atomic E-state index is 0.0880. The standard InChI is InChI=1S/C10H12N2O7S/c1-2-3-4-19-20(17,18)10-6-8(11(13)14)5-9(7-10)12(15)16/h5-7H,2-4H2,1H3. The van der Waals surface area contributed by atoms with Crippen LogP contribution < -0.4 is 0 Å². The topological polar surface area (TPSA) is 130 Å². The zero-order valence-corrected chi connectivity index (χ0v) is 11.3. The third-order valence-electron chi connectivity index (χ3n) is 2.32. The maximum atomic E-state index is 11.8. The highest BCUT2D eigenvalue weighted by atomic mass is 32.2. The monoisotopic (exact) mass is 304 g/mol. The van der Waals surface area contributed by atoms with Gasteiger partial charge in [0.1, 0.15) is 4.90 Å². The molecule has 0 aliphatic heterocycles. The third-order valence-corrected chi connectivity index (χ3v) is 3.61. The maximum Gasteiger partial charge on any atom is 0.297 e. The van der Waals surface area contributed by atoms with Gasteiger partial charge in [-0.05, 0) is 6.42 Å². The maximum absolute atomic E-state index is 11.8. The van der Waals surface area contributed by atoms with E-state index in [2.05, 4.69) is 4.18 Å². The largest absolute Gasteiger partial charge is 0.297 e. The van der Waals surface area contributed by atoms with Gasteiger partial charge < -0.3 is 0 Å². The van der Waals surface area contributed by atoms with Crippen molar-refractivity contribution in [1.29, 1.82) is 0 Å². The minimum atomic E-state index is -4.25. The van der Waals surface area contributed by atoms with Crippen LogP contribution in [0.4, 0.5) is 11.4 Å². The number of nitrogens with zero attached hydrogens (tertiary/aromatic N) is 2. The van der Waals surface area contributed by atoms with Gasteiger partial charge in [-0.15, -0.1) is 0 Å². The average molecular weight is 304 g/mol. The van der Waals surface area contributed by atoms with Crippen LogP contribution in [0.5, 0.6) is 0 Å². The van der Waals surface area contributed by atoms with Crippen LogP contribution in [0.1, 0.15) is 19.8 Å². The van der Waals surface area contributed by atoms with E-state index in [0.29, 0.717) is 18.9 Å². The molecule has 0 unspecified atom stereocenters. The zero-order chi connectivity index (χ0) is 15.3. The van der Waals surface area contributed by atoms with Gasteiger partial charge in [-0.1, -0.05) is 13.3 Å². The molecule has 9 nitrogen and oxygen atoms in total. The highest BCUT2D eigenvalue weighted by Crippen LogP contribution is 2.26. The van der Waals surface area contributed by atoms with Gasteiger partial charge in [0.25, 0.3) is 21.5 Å². The molecule has 0 amide bonds. The zero-order valence-electron chi connectivity index (χ0n) is 10.5. The predicted molar refractivity (Wildman–Crippen MR) is 67.8 cm³/mol. The Balaban J connectivity index is 3.22. The molecule has 0 aromatic heterocycles. The van der Waals surface area contributed by atoms with Gasteiger partial charge in [-0.25, -0.2) is 0 Å². The van der Waals surface area contributed by atoms with Gasteiger partial charge in [-0.2, -0.15) is 8.42 Å². The average Bonchev–Trinajstić information content (AvgIpc) is 2.38. The fourth-order valence-electron chi connectivity index (χ4n) is 1.30. The molecule has 1 aromatic rings. The Hall–Kier alpha value is -2.07. The Bertz CT molecular complexity index is 594. The molecule has 0 fully saturated rings. The summed E-state index contributed by atoms with van der Waals surface area (Å²) in [7, 11) is -4.25. The number of unbranched alkanes of at least 4 members (excludes halogenated alkanes) is 1. The van der Waals surface area contributed by atoms with E-state index < -0.39 is 36.2 Å². The first-order chi connectivity index (χ1) is 9.27. The Morgan fingerprint density at radius 1 is 1.10 bits per heavy atom. The van der Waals surface area contributed by atoms with Crippen molar-refractivity contribution in [1.82, 2.24) is 0 Å². The van der Waals surface area contributed by atoms with Crippen LogP contribution in [-0.4, -0.2) is 24.9 Å². The molecular formula is C10H12N2O7S. The molecule has 0 bridgehead atoms. The van der Waals surface area contributed by atoms with Gasteiger partial charge in [0.2, 0.25) is 0 Å². The minimum Gasteiger partial charge on any atom is -0.266 e. The molecule has 0 atom stereocenters. The van der Waals surface area contributed by atoms with Crippen molar-refractivity contribution in [3.05, 3.63) is 38.4 Å². The van der Waals surface area contributed by atoms with E-state index in [4.69, 9.17) is 0 Å². The highest BCUT2D eigenvalue weighted by molar-refractivity contribution is 7.86. The fraction of sp³-hybridized carbons (Fsp3) is 0.400. The van der Waals surface area contributed by atoms with Crippen molar-refractivity contribution in [3.63, 3.8) is 0 Å². The van der Waals surface area contributed by atoms with Gasteiger partial charge in [-0.3, -0.25) is 24.4 Å². The molecule has 0 radical (unpaired) electrons. The second-order valence-corrected chi connectivity index (χ2v) is 5.44. The first kappa shape index (κ1) is 16.0. The number of rotatable bonds is 7. The van der Waals surface area contributed by atoms with Crippen molar-refractivity contribution < 1.29 is 22.4 Å². The molecule has 0 N–H and O–H groups in total. The Morgan fingerprint density at radius 3 is 2.00 bits per heavy atom. The molecule has 1 aromatic carbocycles. The molecule has 1 rings (SSSR count). The van der Waals surface area contributed by atoms with Crippen LogP contribution in [0.25, 0.3) is 0 Å². The lowest BCUT2D eigenvalue weighted by molar-refractivity contribution is -0.394. The number of hydrogen-bond acceptors (Lipinski definition) is 7. The summed E-state index contributed by atoms with van der Waals surface area (Å²) in [6.45, 7) is 1.74. The summed E-state index contributed by atoms with van der Waals surface area (Å²) < 4.78 is 28.2. The summed E-state index contributed by atoms with van der Waals surface area (Å²) in [6, 6.07) is 2.15. The number of hydrogen-bond donors (Lipinski definition) is 0. The lowest BCUT2D eigenvalue weighted by atomic mass is 10.3. The van der Waals surface area contributed by atoms with Crippen molar-refractivity contribution in [2.45, 2.75) is 24.7 Å². The van der Waals surface area contributed by atoms with Crippen molar-refractivity contribution in [3.8, 4) is 0 Å². The summed E-state index contributed by atoms with van der Waals surface area (Å²) in [6.07, 6.45) is 1.18. The fourth-order valence-corrected chi connectivity index (χ4v) is 2.31. The smallest absolute Gasteiger partial charge is 0.266 e. The van der Waals surface area contributed by atoms with Crippen LogP contribution in [0, 0.1) is 20.2 Å².